The van der Waals surface area contributed by atoms with Crippen molar-refractivity contribution in [1.82, 2.24) is 9.97 Å². The van der Waals surface area contributed by atoms with E-state index in [1.165, 1.54) is 0 Å². The molecule has 0 aliphatic heterocycles. The first-order chi connectivity index (χ1) is 8.40. The van der Waals surface area contributed by atoms with Crippen LogP contribution in [-0.2, 0) is 17.9 Å². The largest absolute Gasteiger partial charge is 0.380 e. The highest BCUT2D eigenvalue weighted by Crippen LogP contribution is 2.16. The lowest BCUT2D eigenvalue weighted by atomic mass is 10.2. The van der Waals surface area contributed by atoms with Gasteiger partial charge in [-0.15, -0.1) is 0 Å². The summed E-state index contributed by atoms with van der Waals surface area (Å²) in [5.74, 6) is 0.778. The number of methoxy groups -OCH3 is 1. The van der Waals surface area contributed by atoms with Gasteiger partial charge in [-0.05, 0) is 12.1 Å². The van der Waals surface area contributed by atoms with Gasteiger partial charge < -0.3 is 10.1 Å². The van der Waals surface area contributed by atoms with Crippen LogP contribution in [0.3, 0.4) is 0 Å². The van der Waals surface area contributed by atoms with Crippen molar-refractivity contribution in [2.75, 3.05) is 12.4 Å². The Bertz CT molecular complexity index is 459. The molecule has 4 nitrogen and oxygen atoms in total. The molecule has 0 bridgehead atoms. The van der Waals surface area contributed by atoms with Crippen LogP contribution in [-0.4, -0.2) is 17.1 Å². The number of ether oxygens (including phenoxy) is 1. The molecule has 0 amide bonds. The maximum Gasteiger partial charge on any atom is 0.147 e. The summed E-state index contributed by atoms with van der Waals surface area (Å²) in [7, 11) is 1.69. The van der Waals surface area contributed by atoms with E-state index in [0.29, 0.717) is 13.2 Å². The Kier molecular flexibility index (Phi) is 4.05. The molecule has 1 aromatic carbocycles. The van der Waals surface area contributed by atoms with Gasteiger partial charge >= 0.3 is 0 Å². The minimum atomic E-state index is 0.596. The van der Waals surface area contributed by atoms with Crippen LogP contribution in [0.25, 0.3) is 0 Å². The van der Waals surface area contributed by atoms with Crippen LogP contribution in [0.1, 0.15) is 11.4 Å². The molecule has 0 spiro atoms. The fourth-order valence-electron chi connectivity index (χ4n) is 1.57. The van der Waals surface area contributed by atoms with E-state index in [1.54, 1.807) is 19.5 Å². The molecule has 0 fully saturated rings. The van der Waals surface area contributed by atoms with Crippen LogP contribution in [0.4, 0.5) is 5.69 Å². The summed E-state index contributed by atoms with van der Waals surface area (Å²) >= 11 is 0. The Morgan fingerprint density at radius 3 is 2.65 bits per heavy atom. The Morgan fingerprint density at radius 2 is 1.88 bits per heavy atom. The third-order valence-corrected chi connectivity index (χ3v) is 2.37. The highest BCUT2D eigenvalue weighted by molar-refractivity contribution is 5.50. The van der Waals surface area contributed by atoms with Crippen LogP contribution in [0.5, 0.6) is 0 Å². The van der Waals surface area contributed by atoms with E-state index < -0.39 is 0 Å². The Labute approximate surface area is 101 Å². The second-order valence-corrected chi connectivity index (χ2v) is 3.61. The Balaban J connectivity index is 2.03. The van der Waals surface area contributed by atoms with Gasteiger partial charge in [-0.25, -0.2) is 9.97 Å². The fraction of sp³-hybridized carbons (Fsp3) is 0.231. The maximum absolute atomic E-state index is 5.15. The van der Waals surface area contributed by atoms with Crippen LogP contribution in [0.15, 0.2) is 42.7 Å². The molecule has 1 aromatic heterocycles. The third kappa shape index (κ3) is 3.26. The SMILES string of the molecule is COCc1ccccc1NCc1ncccn1. The van der Waals surface area contributed by atoms with Crippen molar-refractivity contribution < 1.29 is 4.74 Å². The summed E-state index contributed by atoms with van der Waals surface area (Å²) in [4.78, 5) is 8.33. The van der Waals surface area contributed by atoms with E-state index in [1.807, 2.05) is 30.3 Å². The lowest BCUT2D eigenvalue weighted by Crippen LogP contribution is -2.05. The normalized spacial score (nSPS) is 10.2. The van der Waals surface area contributed by atoms with Crippen molar-refractivity contribution >= 4 is 5.69 Å². The second-order valence-electron chi connectivity index (χ2n) is 3.61. The minimum absolute atomic E-state index is 0.596. The molecule has 0 unspecified atom stereocenters. The van der Waals surface area contributed by atoms with Gasteiger partial charge in [-0.2, -0.15) is 0 Å². The number of hydrogen-bond donors (Lipinski definition) is 1. The van der Waals surface area contributed by atoms with E-state index in [2.05, 4.69) is 15.3 Å². The summed E-state index contributed by atoms with van der Waals surface area (Å²) < 4.78 is 5.15. The zero-order valence-corrected chi connectivity index (χ0v) is 9.76. The molecule has 17 heavy (non-hydrogen) atoms. The average Bonchev–Trinajstić information content (AvgIpc) is 2.39. The van der Waals surface area contributed by atoms with E-state index in [9.17, 15) is 0 Å². The molecule has 0 aliphatic carbocycles. The van der Waals surface area contributed by atoms with Gasteiger partial charge in [-0.3, -0.25) is 0 Å². The number of nitrogens with one attached hydrogen (secondary N) is 1. The zero-order valence-electron chi connectivity index (χ0n) is 9.76. The van der Waals surface area contributed by atoms with Crippen molar-refractivity contribution in [1.29, 1.82) is 0 Å². The van der Waals surface area contributed by atoms with Gasteiger partial charge in [0.1, 0.15) is 5.82 Å². The van der Waals surface area contributed by atoms with Crippen molar-refractivity contribution in [3.63, 3.8) is 0 Å². The smallest absolute Gasteiger partial charge is 0.147 e. The van der Waals surface area contributed by atoms with E-state index in [-0.39, 0.29) is 0 Å². The number of benzene rings is 1. The summed E-state index contributed by atoms with van der Waals surface area (Å²) in [6.07, 6.45) is 3.48. The third-order valence-electron chi connectivity index (χ3n) is 2.37. The molecule has 1 heterocycles. The minimum Gasteiger partial charge on any atom is -0.380 e. The average molecular weight is 229 g/mol. The molecular formula is C13H15N3O. The summed E-state index contributed by atoms with van der Waals surface area (Å²) in [6.45, 7) is 1.21. The molecule has 1 N–H and O–H groups in total. The van der Waals surface area contributed by atoms with Gasteiger partial charge in [0.05, 0.1) is 13.2 Å². The molecule has 88 valence electrons. The lowest BCUT2D eigenvalue weighted by molar-refractivity contribution is 0.185. The Hall–Kier alpha value is -1.94. The highest BCUT2D eigenvalue weighted by atomic mass is 16.5. The monoisotopic (exact) mass is 229 g/mol. The predicted octanol–water partition coefficient (Wildman–Crippen LogP) is 2.24. The van der Waals surface area contributed by atoms with Gasteiger partial charge in [0.2, 0.25) is 0 Å². The number of hydrogen-bond acceptors (Lipinski definition) is 4. The first-order valence-electron chi connectivity index (χ1n) is 5.47. The standard InChI is InChI=1S/C13H15N3O/c1-17-10-11-5-2-3-6-12(11)16-9-13-14-7-4-8-15-13/h2-8,16H,9-10H2,1H3. The number of nitrogens with zero attached hydrogens (tertiary/aromatic N) is 2. The summed E-state index contributed by atoms with van der Waals surface area (Å²) in [6, 6.07) is 9.86. The molecule has 0 radical (unpaired) electrons. The lowest BCUT2D eigenvalue weighted by Gasteiger charge is -2.10. The topological polar surface area (TPSA) is 47.0 Å². The number of rotatable bonds is 5. The molecule has 0 atom stereocenters. The summed E-state index contributed by atoms with van der Waals surface area (Å²) in [5.41, 5.74) is 2.19. The first kappa shape index (κ1) is 11.5. The molecular weight excluding hydrogens is 214 g/mol. The van der Waals surface area contributed by atoms with Gasteiger partial charge in [0, 0.05) is 30.8 Å². The van der Waals surface area contributed by atoms with Gasteiger partial charge in [-0.1, -0.05) is 18.2 Å². The molecule has 2 aromatic rings. The quantitative estimate of drug-likeness (QED) is 0.854. The fourth-order valence-corrected chi connectivity index (χ4v) is 1.57. The second kappa shape index (κ2) is 5.96. The van der Waals surface area contributed by atoms with Crippen molar-refractivity contribution in [3.8, 4) is 0 Å². The van der Waals surface area contributed by atoms with Crippen molar-refractivity contribution in [3.05, 3.63) is 54.1 Å². The molecule has 0 aliphatic rings. The van der Waals surface area contributed by atoms with Crippen molar-refractivity contribution in [2.45, 2.75) is 13.2 Å². The number of aromatic nitrogens is 2. The molecule has 0 saturated heterocycles. The van der Waals surface area contributed by atoms with Crippen LogP contribution in [0.2, 0.25) is 0 Å². The van der Waals surface area contributed by atoms with Crippen LogP contribution >= 0.6 is 0 Å². The molecule has 4 heteroatoms. The van der Waals surface area contributed by atoms with E-state index >= 15 is 0 Å². The van der Waals surface area contributed by atoms with Crippen molar-refractivity contribution in [2.24, 2.45) is 0 Å². The number of anilines is 1. The first-order valence-corrected chi connectivity index (χ1v) is 5.47. The van der Waals surface area contributed by atoms with E-state index in [0.717, 1.165) is 17.1 Å². The summed E-state index contributed by atoms with van der Waals surface area (Å²) in [5, 5.41) is 3.31. The van der Waals surface area contributed by atoms with E-state index in [4.69, 9.17) is 4.74 Å². The predicted molar refractivity (Wildman–Crippen MR) is 66.5 cm³/mol. The Morgan fingerprint density at radius 1 is 1.12 bits per heavy atom. The molecule has 0 saturated carbocycles. The highest BCUT2D eigenvalue weighted by Gasteiger charge is 2.01. The van der Waals surface area contributed by atoms with Gasteiger partial charge in [0.25, 0.3) is 0 Å². The van der Waals surface area contributed by atoms with Crippen LogP contribution in [0, 0.1) is 0 Å². The number of para-hydroxylation sites is 1. The van der Waals surface area contributed by atoms with Gasteiger partial charge in [0.15, 0.2) is 0 Å². The maximum atomic E-state index is 5.15. The van der Waals surface area contributed by atoms with Crippen LogP contribution < -0.4 is 5.32 Å². The molecule has 2 rings (SSSR count). The zero-order chi connectivity index (χ0) is 11.9.